The van der Waals surface area contributed by atoms with Crippen molar-refractivity contribution in [2.75, 3.05) is 127 Å². The quantitative estimate of drug-likeness (QED) is 0.00427. The number of aromatic carboxylic acids is 1. The van der Waals surface area contributed by atoms with E-state index in [-0.39, 0.29) is 155 Å². The second-order valence-corrected chi connectivity index (χ2v) is 33.7. The van der Waals surface area contributed by atoms with Gasteiger partial charge in [0.05, 0.1) is 86.1 Å². The van der Waals surface area contributed by atoms with Crippen LogP contribution in [-0.4, -0.2) is 252 Å². The van der Waals surface area contributed by atoms with Crippen LogP contribution in [0.15, 0.2) is 171 Å². The number of thioether (sulfide) groups is 1. The number of carboxylic acids is 1. The molecule has 10 heterocycles. The largest absolute Gasteiger partial charge is 0.497 e. The highest BCUT2D eigenvalue weighted by Crippen LogP contribution is 2.42. The number of fused-ring (bicyclic) bond motifs is 2. The van der Waals surface area contributed by atoms with Crippen LogP contribution in [0.5, 0.6) is 0 Å². The lowest BCUT2D eigenvalue weighted by Gasteiger charge is -2.19. The minimum Gasteiger partial charge on any atom is -0.497 e. The third kappa shape index (κ3) is 22.3. The number of nitrogens with zero attached hydrogens (tertiary/aromatic N) is 18. The Kier molecular flexibility index (Phi) is 29.1. The zero-order chi connectivity index (χ0) is 95.7. The zero-order valence-corrected chi connectivity index (χ0v) is 76.1. The second-order valence-electron chi connectivity index (χ2n) is 32.5. The fourth-order valence-corrected chi connectivity index (χ4v) is 16.0. The number of hydrogen-bond donors (Lipinski definition) is 13. The van der Waals surface area contributed by atoms with Gasteiger partial charge in [-0.05, 0) is 112 Å². The van der Waals surface area contributed by atoms with Crippen molar-refractivity contribution < 1.29 is 77.9 Å². The van der Waals surface area contributed by atoms with E-state index in [4.69, 9.17) is 10.2 Å². The minimum atomic E-state index is -1.37. The fourth-order valence-electron chi connectivity index (χ4n) is 14.9. The first-order chi connectivity index (χ1) is 63.3. The highest BCUT2D eigenvalue weighted by molar-refractivity contribution is 8.00. The maximum Gasteiger partial charge on any atom is 0.363 e. The number of aliphatic hydroxyl groups is 4. The number of nitrogens with one attached hydrogen (secondary N) is 7. The molecule has 12 aromatic rings. The van der Waals surface area contributed by atoms with E-state index < -0.39 is 76.3 Å². The van der Waals surface area contributed by atoms with Gasteiger partial charge in [0.2, 0.25) is 23.5 Å². The minimum absolute atomic E-state index is 0.0217. The summed E-state index contributed by atoms with van der Waals surface area (Å²) in [7, 11) is 22.8. The maximum absolute atomic E-state index is 14.4. The topological polar surface area (TPSA) is 521 Å². The number of aryl methyl sites for hydroxylation is 8. The predicted octanol–water partition coefficient (Wildman–Crippen LogP) is 9.59. The Morgan fingerprint density at radius 3 is 1.63 bits per heavy atom. The highest BCUT2D eigenvalue weighted by atomic mass is 32.2. The molecule has 1 saturated heterocycles. The molecule has 0 bridgehead atoms. The van der Waals surface area contributed by atoms with Gasteiger partial charge < -0.3 is 120 Å². The van der Waals surface area contributed by atoms with E-state index in [2.05, 4.69) is 67.2 Å². The summed E-state index contributed by atoms with van der Waals surface area (Å²) in [6, 6.07) is 23.6. The average Bonchev–Trinajstić information content (AvgIpc) is 1.57. The van der Waals surface area contributed by atoms with Crippen molar-refractivity contribution in [2.24, 2.45) is 75.0 Å². The molecule has 133 heavy (non-hydrogen) atoms. The Hall–Kier alpha value is -15.9. The number of carbonyl (C=O) groups is 10. The van der Waals surface area contributed by atoms with Crippen molar-refractivity contribution >= 4 is 173 Å². The van der Waals surface area contributed by atoms with Gasteiger partial charge in [0.25, 0.3) is 41.4 Å². The van der Waals surface area contributed by atoms with Crippen LogP contribution in [0, 0.1) is 0 Å². The molecular weight excluding hydrogens is 1730 g/mol. The van der Waals surface area contributed by atoms with Crippen LogP contribution in [0.4, 0.5) is 57.0 Å². The van der Waals surface area contributed by atoms with Crippen LogP contribution < -0.4 is 57.7 Å². The summed E-state index contributed by atoms with van der Waals surface area (Å²) in [6.07, 6.45) is 14.3. The van der Waals surface area contributed by atoms with Gasteiger partial charge in [0.15, 0.2) is 29.3 Å². The molecule has 9 amide bonds. The number of carboxylic acid groups (broad SMARTS) is 1. The number of nitrogens with two attached hydrogens (primary N) is 1. The van der Waals surface area contributed by atoms with E-state index in [1.807, 2.05) is 93.4 Å². The van der Waals surface area contributed by atoms with E-state index in [0.29, 0.717) is 56.7 Å². The standard InChI is InChI=1S/C90H102N26O16S/c1-105(2)29-14-24-92-74(117)22-26-95-81(121)64-34-52(43-109(64)8)98-84(124)67-37-55(46-112(67)11)100-85(125)68-36-54(45-113(68)12)99-83(123)66-33-51(42-111(66)10)97-75(118)23-27-96-82(122)65-35-53(44-110(65)9)101-86(126)69-38-56(102-88(128)79-103-73(48-114(79)13)104-87(127)78-93-28-31-108(78)7)47-115(69)30-15-25-94-80(120)62(91)49-133-72-41-76(119)116(89(72)129)63-21-16-50(32-61(63)90(130)131)77-59-19-17-57(106(3)4)39-70(59)132-71-40-58(107(5)6)18-20-60(71)77/h16-21,28,31-40,42-48,62,72H,14-15,22-27,29-30,41,49,91H2,1-13H3,(H11-,92,94,95,96,97,98,99,100,101,102,104,117,118,120,121,122,123,124,125,126,127,128,130,131)/p+1/t62-,72?/m0/s1. The van der Waals surface area contributed by atoms with Crippen LogP contribution in [0.25, 0.3) is 33.1 Å². The number of hydrogen-bond acceptors (Lipinski definition) is 21. The number of carbonyl (C=O) groups excluding carboxylic acids is 9. The highest BCUT2D eigenvalue weighted by Gasteiger charge is 2.42. The molecule has 1 aliphatic rings. The molecular formula is C90H103N26O16S+. The Morgan fingerprint density at radius 1 is 0.534 bits per heavy atom. The van der Waals surface area contributed by atoms with Crippen molar-refractivity contribution in [3.63, 3.8) is 0 Å². The third-order valence-electron chi connectivity index (χ3n) is 21.7. The van der Waals surface area contributed by atoms with Crippen molar-refractivity contribution in [1.29, 1.82) is 0 Å². The van der Waals surface area contributed by atoms with E-state index in [0.717, 1.165) is 41.0 Å². The number of benzene rings is 3. The van der Waals surface area contributed by atoms with Gasteiger partial charge in [0, 0.05) is 201 Å². The lowest BCUT2D eigenvalue weighted by Crippen LogP contribution is -2.35. The van der Waals surface area contributed by atoms with Gasteiger partial charge in [-0.25, -0.2) is 34.1 Å². The molecule has 9 aromatic heterocycles. The van der Waals surface area contributed by atoms with Crippen molar-refractivity contribution in [1.82, 2.24) is 56.7 Å². The Bertz CT molecular complexity index is 6610. The third-order valence-corrected chi connectivity index (χ3v) is 23.0. The normalized spacial score (nSPS) is 13.5. The van der Waals surface area contributed by atoms with Crippen molar-refractivity contribution in [2.45, 2.75) is 49.9 Å². The molecule has 42 nitrogen and oxygen atoms in total. The molecule has 1 aliphatic heterocycles. The van der Waals surface area contributed by atoms with Gasteiger partial charge in [-0.2, -0.15) is 0 Å². The van der Waals surface area contributed by atoms with Gasteiger partial charge >= 0.3 is 17.1 Å². The van der Waals surface area contributed by atoms with Gasteiger partial charge in [-0.1, -0.05) is 6.07 Å². The predicted molar refractivity (Wildman–Crippen MR) is 509 cm³/mol. The van der Waals surface area contributed by atoms with Crippen LogP contribution in [0.2, 0.25) is 0 Å². The number of aliphatic hydroxyl groups excluding tert-OH is 4. The average molecular weight is 1840 g/mol. The molecule has 13 rings (SSSR count). The van der Waals surface area contributed by atoms with Gasteiger partial charge in [0.1, 0.15) is 34.2 Å². The van der Waals surface area contributed by atoms with E-state index in [1.165, 1.54) is 112 Å². The van der Waals surface area contributed by atoms with Crippen LogP contribution in [-0.2, 0) is 65.5 Å². The molecule has 0 spiro atoms. The molecule has 0 radical (unpaired) electrons. The summed E-state index contributed by atoms with van der Waals surface area (Å²) in [6.45, 7) is 1.27. The molecule has 0 aliphatic carbocycles. The SMILES string of the molecule is CN(C)CCCN=C(O)CCN=C(O)c1cc(NC(=O)c2cc(NC(=O)c3cc(NC(=O)c4cc(N=C(O)CCNC(=O)c5cc(NC(=O)c6cc(NC(=O)c7nc(NC(=O)c8nccn8C)cn7C)cn6CCCN=C(O)[C@@H](N)CSC6CC(=O)N(c7ccc(-c8c9ccc(N(C)C)cc9[o+]c9cc(N(C)C)ccc89)cc7C(=O)O)C6=O)cn5C)cn4C)cn3C)cn2C)cn1C. The first-order valence-electron chi connectivity index (χ1n) is 41.9. The number of rotatable bonds is 38. The summed E-state index contributed by atoms with van der Waals surface area (Å²) in [5, 5.41) is 73.5. The number of aliphatic imine (C=N–C) groups is 4. The van der Waals surface area contributed by atoms with Crippen molar-refractivity contribution in [3.05, 3.63) is 198 Å². The molecule has 1 unspecified atom stereocenters. The van der Waals surface area contributed by atoms with Crippen molar-refractivity contribution in [3.8, 4) is 11.1 Å². The summed E-state index contributed by atoms with van der Waals surface area (Å²) in [5.41, 5.74) is 12.5. The number of aromatic nitrogens is 10. The van der Waals surface area contributed by atoms with Crippen LogP contribution >= 0.6 is 11.8 Å². The molecule has 694 valence electrons. The fraction of sp³-hybridized carbons (Fsp3) is 0.300. The molecule has 43 heteroatoms. The first kappa shape index (κ1) is 94.7. The molecule has 1 fully saturated rings. The summed E-state index contributed by atoms with van der Waals surface area (Å²) >= 11 is 1.000. The lowest BCUT2D eigenvalue weighted by atomic mass is 9.94. The van der Waals surface area contributed by atoms with Crippen LogP contribution in [0.3, 0.4) is 0 Å². The lowest BCUT2D eigenvalue weighted by molar-refractivity contribution is -0.121. The monoisotopic (exact) mass is 1840 g/mol. The van der Waals surface area contributed by atoms with Gasteiger partial charge in [-0.15, -0.1) is 11.8 Å². The number of anilines is 9. The molecule has 0 saturated carbocycles. The van der Waals surface area contributed by atoms with E-state index in [9.17, 15) is 73.5 Å². The van der Waals surface area contributed by atoms with E-state index in [1.54, 1.807) is 84.6 Å². The number of amides is 9. The van der Waals surface area contributed by atoms with Gasteiger partial charge in [-0.3, -0.25) is 53.1 Å². The summed E-state index contributed by atoms with van der Waals surface area (Å²) < 4.78 is 18.5. The summed E-state index contributed by atoms with van der Waals surface area (Å²) in [4.78, 5) is 169. The molecule has 3 aromatic carbocycles. The second kappa shape index (κ2) is 40.8. The Morgan fingerprint density at radius 2 is 1.06 bits per heavy atom. The first-order valence-corrected chi connectivity index (χ1v) is 43.0. The van der Waals surface area contributed by atoms with E-state index >= 15 is 0 Å². The molecule has 2 atom stereocenters. The Labute approximate surface area is 765 Å². The van der Waals surface area contributed by atoms with Crippen LogP contribution in [0.1, 0.15) is 122 Å². The maximum atomic E-state index is 14.4. The molecule has 14 N–H and O–H groups in total. The number of imide groups is 1. The zero-order valence-electron chi connectivity index (χ0n) is 75.3. The smallest absolute Gasteiger partial charge is 0.363 e. The Balaban J connectivity index is 0.605. The summed E-state index contributed by atoms with van der Waals surface area (Å²) in [5.74, 6) is -8.15. The number of imidazole rings is 2.